The van der Waals surface area contributed by atoms with Gasteiger partial charge in [-0.05, 0) is 47.0 Å². The van der Waals surface area contributed by atoms with E-state index in [1.807, 2.05) is 5.38 Å². The number of ether oxygens (including phenoxy) is 1. The summed E-state index contributed by atoms with van der Waals surface area (Å²) in [5.41, 5.74) is 6.24. The van der Waals surface area contributed by atoms with Gasteiger partial charge >= 0.3 is 5.97 Å². The van der Waals surface area contributed by atoms with Crippen molar-refractivity contribution in [3.8, 4) is 5.75 Å². The molecule has 0 spiro atoms. The van der Waals surface area contributed by atoms with E-state index in [-0.39, 0.29) is 11.1 Å². The summed E-state index contributed by atoms with van der Waals surface area (Å²) in [6.45, 7) is 0. The molecule has 5 nitrogen and oxygen atoms in total. The summed E-state index contributed by atoms with van der Waals surface area (Å²) < 4.78 is 5.31. The van der Waals surface area contributed by atoms with Crippen molar-refractivity contribution in [1.82, 2.24) is 0 Å². The maximum absolute atomic E-state index is 11.9. The van der Waals surface area contributed by atoms with E-state index in [2.05, 4.69) is 4.99 Å². The Labute approximate surface area is 134 Å². The molecule has 22 heavy (non-hydrogen) atoms. The zero-order chi connectivity index (χ0) is 15.5. The number of carbonyl (C=O) groups is 2. The predicted molar refractivity (Wildman–Crippen MR) is 87.9 cm³/mol. The molecule has 1 aliphatic heterocycles. The van der Waals surface area contributed by atoms with Crippen molar-refractivity contribution < 1.29 is 14.3 Å². The number of nitrogens with two attached hydrogens (primary N) is 1. The Morgan fingerprint density at radius 1 is 1.27 bits per heavy atom. The van der Waals surface area contributed by atoms with Gasteiger partial charge in [-0.1, -0.05) is 18.2 Å². The van der Waals surface area contributed by atoms with Gasteiger partial charge in [0.1, 0.15) is 10.6 Å². The molecule has 0 saturated carbocycles. The van der Waals surface area contributed by atoms with E-state index in [0.717, 1.165) is 17.3 Å². The van der Waals surface area contributed by atoms with Crippen LogP contribution in [0.15, 0.2) is 51.7 Å². The maximum Gasteiger partial charge on any atom is 0.353 e. The first kappa shape index (κ1) is 14.6. The Hall–Kier alpha value is -2.38. The van der Waals surface area contributed by atoms with Crippen LogP contribution in [0.3, 0.4) is 0 Å². The van der Waals surface area contributed by atoms with Gasteiger partial charge in [-0.15, -0.1) is 11.3 Å². The van der Waals surface area contributed by atoms with Gasteiger partial charge in [-0.2, -0.15) is 4.99 Å². The van der Waals surface area contributed by atoms with Crippen molar-refractivity contribution in [2.75, 3.05) is 0 Å². The molecule has 1 aromatic heterocycles. The minimum absolute atomic E-state index is 0.233. The van der Waals surface area contributed by atoms with Crippen LogP contribution in [0.2, 0.25) is 0 Å². The summed E-state index contributed by atoms with van der Waals surface area (Å²) in [5, 5.41) is 2.04. The molecular weight excluding hydrogens is 320 g/mol. The molecule has 0 radical (unpaired) electrons. The van der Waals surface area contributed by atoms with Gasteiger partial charge in [0.25, 0.3) is 5.91 Å². The molecule has 2 aromatic rings. The minimum Gasteiger partial charge on any atom is -0.422 e. The molecule has 1 aliphatic rings. The van der Waals surface area contributed by atoms with Crippen LogP contribution in [0, 0.1) is 0 Å². The Morgan fingerprint density at radius 3 is 2.82 bits per heavy atom. The van der Waals surface area contributed by atoms with Crippen LogP contribution in [0.1, 0.15) is 15.2 Å². The van der Waals surface area contributed by atoms with E-state index in [1.165, 1.54) is 11.3 Å². The summed E-state index contributed by atoms with van der Waals surface area (Å²) in [5.74, 6) is -0.348. The lowest BCUT2D eigenvalue weighted by atomic mass is 10.2. The smallest absolute Gasteiger partial charge is 0.353 e. The fourth-order valence-corrected chi connectivity index (χ4v) is 3.08. The van der Waals surface area contributed by atoms with E-state index in [9.17, 15) is 9.59 Å². The number of thiophene rings is 1. The molecule has 110 valence electrons. The van der Waals surface area contributed by atoms with Gasteiger partial charge in [-0.25, -0.2) is 4.79 Å². The van der Waals surface area contributed by atoms with E-state index in [1.54, 1.807) is 42.5 Å². The first-order valence-electron chi connectivity index (χ1n) is 6.25. The van der Waals surface area contributed by atoms with Crippen LogP contribution in [0.4, 0.5) is 0 Å². The lowest BCUT2D eigenvalue weighted by Gasteiger charge is -2.04. The van der Waals surface area contributed by atoms with E-state index in [4.69, 9.17) is 10.5 Å². The van der Waals surface area contributed by atoms with Crippen LogP contribution in [0.5, 0.6) is 5.75 Å². The summed E-state index contributed by atoms with van der Waals surface area (Å²) in [4.78, 5) is 28.1. The number of hydrogen-bond donors (Lipinski definition) is 1. The molecule has 2 heterocycles. The second kappa shape index (κ2) is 6.17. The highest BCUT2D eigenvalue weighted by atomic mass is 32.2. The summed E-state index contributed by atoms with van der Waals surface area (Å²) in [6, 6.07) is 10.4. The highest BCUT2D eigenvalue weighted by Gasteiger charge is 2.19. The SMILES string of the molecule is NC1=NC(=O)C(=Cc2cccc(OC(=O)c3cccs3)c2)S1. The molecule has 1 amide bonds. The van der Waals surface area contributed by atoms with E-state index < -0.39 is 5.97 Å². The molecule has 1 aromatic carbocycles. The third-order valence-electron chi connectivity index (χ3n) is 2.73. The largest absolute Gasteiger partial charge is 0.422 e. The average Bonchev–Trinajstić information content (AvgIpc) is 3.10. The highest BCUT2D eigenvalue weighted by molar-refractivity contribution is 8.18. The Kier molecular flexibility index (Phi) is 4.08. The molecule has 0 saturated heterocycles. The number of hydrogen-bond acceptors (Lipinski definition) is 6. The minimum atomic E-state index is -0.404. The topological polar surface area (TPSA) is 81.8 Å². The lowest BCUT2D eigenvalue weighted by Crippen LogP contribution is -2.06. The van der Waals surface area contributed by atoms with Crippen molar-refractivity contribution in [2.24, 2.45) is 10.7 Å². The van der Waals surface area contributed by atoms with Crippen molar-refractivity contribution in [3.63, 3.8) is 0 Å². The van der Waals surface area contributed by atoms with Crippen LogP contribution in [0.25, 0.3) is 6.08 Å². The first-order valence-corrected chi connectivity index (χ1v) is 7.95. The molecule has 2 N–H and O–H groups in total. The molecular formula is C15H10N2O3S2. The quantitative estimate of drug-likeness (QED) is 0.531. The fourth-order valence-electron chi connectivity index (χ4n) is 1.80. The highest BCUT2D eigenvalue weighted by Crippen LogP contribution is 2.27. The van der Waals surface area contributed by atoms with Crippen molar-refractivity contribution in [2.45, 2.75) is 0 Å². The summed E-state index contributed by atoms with van der Waals surface area (Å²) in [7, 11) is 0. The van der Waals surface area contributed by atoms with Crippen molar-refractivity contribution >= 4 is 46.2 Å². The first-order chi connectivity index (χ1) is 10.6. The van der Waals surface area contributed by atoms with Gasteiger partial charge < -0.3 is 10.5 Å². The van der Waals surface area contributed by atoms with E-state index >= 15 is 0 Å². The van der Waals surface area contributed by atoms with Gasteiger partial charge in [0.15, 0.2) is 5.17 Å². The number of thioether (sulfide) groups is 1. The number of carbonyl (C=O) groups excluding carboxylic acids is 2. The molecule has 7 heteroatoms. The number of nitrogens with zero attached hydrogens (tertiary/aromatic N) is 1. The predicted octanol–water partition coefficient (Wildman–Crippen LogP) is 2.90. The average molecular weight is 330 g/mol. The summed E-state index contributed by atoms with van der Waals surface area (Å²) >= 11 is 2.44. The second-order valence-electron chi connectivity index (χ2n) is 4.31. The third-order valence-corrected chi connectivity index (χ3v) is 4.39. The number of amidine groups is 1. The fraction of sp³-hybridized carbons (Fsp3) is 0. The lowest BCUT2D eigenvalue weighted by molar-refractivity contribution is -0.113. The third kappa shape index (κ3) is 3.26. The number of amides is 1. The molecule has 0 fully saturated rings. The Bertz CT molecular complexity index is 795. The Morgan fingerprint density at radius 2 is 2.14 bits per heavy atom. The standard InChI is InChI=1S/C15H10N2O3S2/c16-15-17-13(18)12(22-15)8-9-3-1-4-10(7-9)20-14(19)11-5-2-6-21-11/h1-8H,(H2,16,17,18). The van der Waals surface area contributed by atoms with E-state index in [0.29, 0.717) is 15.5 Å². The van der Waals surface area contributed by atoms with Crippen LogP contribution in [-0.2, 0) is 4.79 Å². The molecule has 0 atom stereocenters. The van der Waals surface area contributed by atoms with Crippen molar-refractivity contribution in [3.05, 3.63) is 57.1 Å². The van der Waals surface area contributed by atoms with Gasteiger partial charge in [-0.3, -0.25) is 4.79 Å². The van der Waals surface area contributed by atoms with Crippen LogP contribution >= 0.6 is 23.1 Å². The maximum atomic E-state index is 11.9. The molecule has 0 bridgehead atoms. The number of benzene rings is 1. The normalized spacial score (nSPS) is 15.9. The van der Waals surface area contributed by atoms with Gasteiger partial charge in [0.05, 0.1) is 4.91 Å². The number of rotatable bonds is 3. The zero-order valence-electron chi connectivity index (χ0n) is 11.2. The van der Waals surface area contributed by atoms with Gasteiger partial charge in [0, 0.05) is 0 Å². The summed E-state index contributed by atoms with van der Waals surface area (Å²) in [6.07, 6.45) is 1.67. The Balaban J connectivity index is 1.77. The number of aliphatic imine (C=N–C) groups is 1. The molecule has 0 aliphatic carbocycles. The molecule has 3 rings (SSSR count). The van der Waals surface area contributed by atoms with Gasteiger partial charge in [0.2, 0.25) is 0 Å². The van der Waals surface area contributed by atoms with Crippen LogP contribution in [-0.4, -0.2) is 17.0 Å². The monoisotopic (exact) mass is 330 g/mol. The molecule has 0 unspecified atom stereocenters. The zero-order valence-corrected chi connectivity index (χ0v) is 12.8. The van der Waals surface area contributed by atoms with Crippen molar-refractivity contribution in [1.29, 1.82) is 0 Å². The number of esters is 1. The second-order valence-corrected chi connectivity index (χ2v) is 6.32. The van der Waals surface area contributed by atoms with Crippen LogP contribution < -0.4 is 10.5 Å².